The number of aromatic nitrogens is 1. The van der Waals surface area contributed by atoms with Gasteiger partial charge in [-0.25, -0.2) is 4.98 Å². The average Bonchev–Trinajstić information content (AvgIpc) is 2.62. The predicted molar refractivity (Wildman–Crippen MR) is 97.8 cm³/mol. The van der Waals surface area contributed by atoms with Gasteiger partial charge >= 0.3 is 0 Å². The van der Waals surface area contributed by atoms with Gasteiger partial charge in [0.2, 0.25) is 0 Å². The molecule has 5 nitrogen and oxygen atoms in total. The number of carbonyl (C=O) groups excluding carboxylic acids is 1. The molecule has 3 rings (SSSR count). The van der Waals surface area contributed by atoms with Gasteiger partial charge in [0.15, 0.2) is 0 Å². The van der Waals surface area contributed by atoms with Gasteiger partial charge in [0.25, 0.3) is 5.91 Å². The number of nitrogen functional groups attached to an aromatic ring is 1. The van der Waals surface area contributed by atoms with Crippen LogP contribution in [0.4, 0.5) is 5.82 Å². The van der Waals surface area contributed by atoms with Crippen molar-refractivity contribution in [1.82, 2.24) is 10.3 Å². The number of para-hydroxylation sites is 1. The molecular weight excluding hydrogens is 338 g/mol. The smallest absolute Gasteiger partial charge is 0.254 e. The molecule has 0 aliphatic carbocycles. The molecule has 1 heterocycles. The number of benzene rings is 2. The first-order valence-electron chi connectivity index (χ1n) is 7.64. The molecule has 3 N–H and O–H groups in total. The first-order valence-corrected chi connectivity index (χ1v) is 8.02. The molecule has 25 heavy (non-hydrogen) atoms. The summed E-state index contributed by atoms with van der Waals surface area (Å²) in [5.41, 5.74) is 6.75. The zero-order chi connectivity index (χ0) is 17.6. The molecule has 0 saturated heterocycles. The minimum atomic E-state index is -0.304. The fourth-order valence-corrected chi connectivity index (χ4v) is 2.44. The molecule has 0 radical (unpaired) electrons. The summed E-state index contributed by atoms with van der Waals surface area (Å²) in [6.07, 6.45) is 0. The molecule has 0 saturated carbocycles. The molecule has 2 aromatic carbocycles. The van der Waals surface area contributed by atoms with Gasteiger partial charge < -0.3 is 15.8 Å². The first kappa shape index (κ1) is 16.8. The summed E-state index contributed by atoms with van der Waals surface area (Å²) in [5.74, 6) is 1.47. The summed E-state index contributed by atoms with van der Waals surface area (Å²) in [6.45, 7) is 0.366. The number of hydrogen-bond acceptors (Lipinski definition) is 4. The van der Waals surface area contributed by atoms with Gasteiger partial charge in [-0.1, -0.05) is 41.9 Å². The van der Waals surface area contributed by atoms with Gasteiger partial charge in [-0.15, -0.1) is 0 Å². The average molecular weight is 354 g/mol. The van der Waals surface area contributed by atoms with Crippen molar-refractivity contribution in [3.8, 4) is 11.5 Å². The van der Waals surface area contributed by atoms with E-state index in [1.54, 1.807) is 6.07 Å². The van der Waals surface area contributed by atoms with Gasteiger partial charge in [0, 0.05) is 6.54 Å². The molecule has 0 fully saturated rings. The Labute approximate surface area is 150 Å². The van der Waals surface area contributed by atoms with Gasteiger partial charge in [-0.3, -0.25) is 4.79 Å². The Morgan fingerprint density at radius 3 is 2.36 bits per heavy atom. The van der Waals surface area contributed by atoms with Crippen LogP contribution in [0.1, 0.15) is 15.9 Å². The summed E-state index contributed by atoms with van der Waals surface area (Å²) in [5, 5.41) is 2.89. The largest absolute Gasteiger partial charge is 0.457 e. The van der Waals surface area contributed by atoms with Crippen LogP contribution < -0.4 is 15.8 Å². The summed E-state index contributed by atoms with van der Waals surface area (Å²) in [6, 6.07) is 20.1. The lowest BCUT2D eigenvalue weighted by atomic mass is 10.2. The third kappa shape index (κ3) is 4.49. The maximum Gasteiger partial charge on any atom is 0.254 e. The van der Waals surface area contributed by atoms with E-state index < -0.39 is 0 Å². The lowest BCUT2D eigenvalue weighted by Gasteiger charge is -2.09. The second-order valence-corrected chi connectivity index (χ2v) is 5.67. The Balaban J connectivity index is 1.59. The van der Waals surface area contributed by atoms with Crippen LogP contribution in [-0.4, -0.2) is 10.9 Å². The number of nitrogens with zero attached hydrogens (tertiary/aromatic N) is 1. The Kier molecular flexibility index (Phi) is 5.16. The SMILES string of the molecule is Nc1ccc(C(=O)NCc2ccc(Oc3ccccc3)cc2)c(Cl)n1. The number of anilines is 1. The Bertz CT molecular complexity index is 868. The number of nitrogens with two attached hydrogens (primary N) is 1. The van der Waals surface area contributed by atoms with Crippen LogP contribution in [0.25, 0.3) is 0 Å². The van der Waals surface area contributed by atoms with Gasteiger partial charge in [0.05, 0.1) is 5.56 Å². The molecule has 126 valence electrons. The molecule has 0 unspecified atom stereocenters. The molecular formula is C19H16ClN3O2. The molecule has 3 aromatic rings. The number of nitrogens with one attached hydrogen (secondary N) is 1. The van der Waals surface area contributed by atoms with E-state index in [1.165, 1.54) is 6.07 Å². The van der Waals surface area contributed by atoms with Crippen LogP contribution in [0, 0.1) is 0 Å². The summed E-state index contributed by atoms with van der Waals surface area (Å²) in [7, 11) is 0. The monoisotopic (exact) mass is 353 g/mol. The minimum Gasteiger partial charge on any atom is -0.457 e. The van der Waals surface area contributed by atoms with Crippen molar-refractivity contribution < 1.29 is 9.53 Å². The predicted octanol–water partition coefficient (Wildman–Crippen LogP) is 4.04. The number of hydrogen-bond donors (Lipinski definition) is 2. The van der Waals surface area contributed by atoms with E-state index >= 15 is 0 Å². The van der Waals surface area contributed by atoms with E-state index in [9.17, 15) is 4.79 Å². The molecule has 0 bridgehead atoms. The van der Waals surface area contributed by atoms with Crippen LogP contribution in [0.5, 0.6) is 11.5 Å². The number of ether oxygens (including phenoxy) is 1. The maximum atomic E-state index is 12.2. The zero-order valence-corrected chi connectivity index (χ0v) is 14.0. The van der Waals surface area contributed by atoms with Crippen LogP contribution in [0.15, 0.2) is 66.7 Å². The van der Waals surface area contributed by atoms with E-state index in [-0.39, 0.29) is 16.9 Å². The minimum absolute atomic E-state index is 0.0871. The molecule has 0 spiro atoms. The van der Waals surface area contributed by atoms with Gasteiger partial charge in [0.1, 0.15) is 22.5 Å². The highest BCUT2D eigenvalue weighted by molar-refractivity contribution is 6.32. The Hall–Kier alpha value is -3.05. The van der Waals surface area contributed by atoms with Crippen molar-refractivity contribution in [2.24, 2.45) is 0 Å². The zero-order valence-electron chi connectivity index (χ0n) is 13.3. The topological polar surface area (TPSA) is 77.2 Å². The van der Waals surface area contributed by atoms with Crippen LogP contribution in [0.2, 0.25) is 5.15 Å². The summed E-state index contributed by atoms with van der Waals surface area (Å²) < 4.78 is 5.73. The van der Waals surface area contributed by atoms with Crippen LogP contribution in [-0.2, 0) is 6.54 Å². The van der Waals surface area contributed by atoms with Crippen molar-refractivity contribution in [2.45, 2.75) is 6.54 Å². The molecule has 1 aromatic heterocycles. The van der Waals surface area contributed by atoms with E-state index in [0.717, 1.165) is 17.1 Å². The lowest BCUT2D eigenvalue weighted by molar-refractivity contribution is 0.0951. The van der Waals surface area contributed by atoms with Crippen molar-refractivity contribution >= 4 is 23.3 Å². The quantitative estimate of drug-likeness (QED) is 0.678. The van der Waals surface area contributed by atoms with Crippen molar-refractivity contribution in [3.05, 3.63) is 83.0 Å². The molecule has 0 aliphatic heterocycles. The molecule has 1 amide bonds. The maximum absolute atomic E-state index is 12.2. The van der Waals surface area contributed by atoms with E-state index in [1.807, 2.05) is 54.6 Å². The molecule has 0 atom stereocenters. The summed E-state index contributed by atoms with van der Waals surface area (Å²) >= 11 is 5.94. The van der Waals surface area contributed by atoms with Crippen molar-refractivity contribution in [2.75, 3.05) is 5.73 Å². The molecule has 6 heteroatoms. The standard InChI is InChI=1S/C19H16ClN3O2/c20-18-16(10-11-17(21)23-18)19(24)22-12-13-6-8-15(9-7-13)25-14-4-2-1-3-5-14/h1-11H,12H2,(H2,21,23)(H,22,24). The number of amides is 1. The highest BCUT2D eigenvalue weighted by Crippen LogP contribution is 2.21. The van der Waals surface area contributed by atoms with Crippen LogP contribution in [0.3, 0.4) is 0 Å². The fourth-order valence-electron chi connectivity index (χ4n) is 2.20. The van der Waals surface area contributed by atoms with Crippen molar-refractivity contribution in [1.29, 1.82) is 0 Å². The van der Waals surface area contributed by atoms with E-state index in [4.69, 9.17) is 22.1 Å². The fraction of sp³-hybridized carbons (Fsp3) is 0.0526. The second-order valence-electron chi connectivity index (χ2n) is 5.32. The van der Waals surface area contributed by atoms with Gasteiger partial charge in [-0.05, 0) is 42.0 Å². The molecule has 0 aliphatic rings. The van der Waals surface area contributed by atoms with Gasteiger partial charge in [-0.2, -0.15) is 0 Å². The Morgan fingerprint density at radius 1 is 1.00 bits per heavy atom. The Morgan fingerprint density at radius 2 is 1.68 bits per heavy atom. The summed E-state index contributed by atoms with van der Waals surface area (Å²) in [4.78, 5) is 16.0. The first-order chi connectivity index (χ1) is 12.1. The van der Waals surface area contributed by atoms with Crippen molar-refractivity contribution in [3.63, 3.8) is 0 Å². The number of pyridine rings is 1. The lowest BCUT2D eigenvalue weighted by Crippen LogP contribution is -2.23. The highest BCUT2D eigenvalue weighted by atomic mass is 35.5. The normalized spacial score (nSPS) is 10.3. The number of halogens is 1. The van der Waals surface area contributed by atoms with Crippen LogP contribution >= 0.6 is 11.6 Å². The highest BCUT2D eigenvalue weighted by Gasteiger charge is 2.11. The second kappa shape index (κ2) is 7.68. The third-order valence-electron chi connectivity index (χ3n) is 3.47. The number of rotatable bonds is 5. The number of carbonyl (C=O) groups is 1. The van der Waals surface area contributed by atoms with E-state index in [0.29, 0.717) is 12.1 Å². The van der Waals surface area contributed by atoms with E-state index in [2.05, 4.69) is 10.3 Å². The third-order valence-corrected chi connectivity index (χ3v) is 3.76.